The van der Waals surface area contributed by atoms with Crippen molar-refractivity contribution in [3.63, 3.8) is 0 Å². The summed E-state index contributed by atoms with van der Waals surface area (Å²) in [4.78, 5) is 24.6. The average Bonchev–Trinajstić information content (AvgIpc) is 2.96. The molecule has 47 heavy (non-hydrogen) atoms. The van der Waals surface area contributed by atoms with Crippen LogP contribution in [-0.2, 0) is 17.1 Å². The van der Waals surface area contributed by atoms with Gasteiger partial charge in [0.1, 0.15) is 0 Å². The third-order valence-electron chi connectivity index (χ3n) is 5.52. The number of carboxylic acids is 2. The molecule has 0 bridgehead atoms. The van der Waals surface area contributed by atoms with E-state index in [-0.39, 0.29) is 88.0 Å². The fourth-order valence-corrected chi connectivity index (χ4v) is 3.19. The second-order valence-corrected chi connectivity index (χ2v) is 8.94. The molecule has 0 fully saturated rings. The Morgan fingerprint density at radius 3 is 0.936 bits per heavy atom. The zero-order chi connectivity index (χ0) is 32.2. The molecule has 14 N–H and O–H groups in total. The molecule has 0 aliphatic carbocycles. The summed E-state index contributed by atoms with van der Waals surface area (Å²) in [7, 11) is 0. The van der Waals surface area contributed by atoms with Crippen LogP contribution in [-0.4, -0.2) is 140 Å². The second-order valence-electron chi connectivity index (χ2n) is 8.94. The normalized spacial score (nSPS) is 9.02. The molecule has 0 atom stereocenters. The molecule has 0 aliphatic rings. The minimum absolute atomic E-state index is 0. The summed E-state index contributed by atoms with van der Waals surface area (Å²) < 4.78 is 0. The van der Waals surface area contributed by atoms with Gasteiger partial charge in [-0.05, 0) is 50.2 Å². The van der Waals surface area contributed by atoms with Crippen molar-refractivity contribution in [1.82, 2.24) is 9.80 Å². The molecule has 0 saturated carbocycles. The number of aliphatic hydroxyl groups excluding tert-OH is 4. The summed E-state index contributed by atoms with van der Waals surface area (Å²) >= 11 is 0. The molecule has 281 valence electrons. The Kier molecular flexibility index (Phi) is 52.1. The predicted molar refractivity (Wildman–Crippen MR) is 171 cm³/mol. The summed E-state index contributed by atoms with van der Waals surface area (Å²) in [6, 6.07) is 10.0. The van der Waals surface area contributed by atoms with Gasteiger partial charge >= 0.3 is 29.0 Å². The molecule has 2 aromatic rings. The first kappa shape index (κ1) is 59.5. The maximum Gasteiger partial charge on any atom is 2.00 e. The summed E-state index contributed by atoms with van der Waals surface area (Å²) in [5.74, 6) is -2.38. The van der Waals surface area contributed by atoms with Crippen molar-refractivity contribution >= 4 is 11.9 Å². The van der Waals surface area contributed by atoms with Gasteiger partial charge in [0.15, 0.2) is 0 Å². The molecule has 0 unspecified atom stereocenters. The quantitative estimate of drug-likeness (QED) is 0.0999. The van der Waals surface area contributed by atoms with Gasteiger partial charge in [0.05, 0.1) is 37.6 Å². The van der Waals surface area contributed by atoms with Crippen LogP contribution in [0.1, 0.15) is 60.2 Å². The van der Waals surface area contributed by atoms with E-state index in [1.807, 2.05) is 0 Å². The van der Waals surface area contributed by atoms with E-state index in [9.17, 15) is 19.8 Å². The van der Waals surface area contributed by atoms with Gasteiger partial charge in [0.2, 0.25) is 0 Å². The smallest absolute Gasteiger partial charge is 0.872 e. The van der Waals surface area contributed by atoms with Gasteiger partial charge in [-0.1, -0.05) is 51.0 Å². The largest absolute Gasteiger partial charge is 2.00 e. The SMILES string of the molecule is CCCCN(CCO)CCO.CCCCN(CCO)CCO.O.O.O.O.O=C(O)c1ccc([O-])cc1.O=C(O)c1ccc([O-])cc1.[Cu+2]. The van der Waals surface area contributed by atoms with Gasteiger partial charge in [-0.2, -0.15) is 0 Å². The first-order valence-electron chi connectivity index (χ1n) is 14.0. The molecule has 0 aromatic heterocycles. The first-order chi connectivity index (χ1) is 20.1. The van der Waals surface area contributed by atoms with E-state index in [4.69, 9.17) is 30.6 Å². The third kappa shape index (κ3) is 35.8. The van der Waals surface area contributed by atoms with Crippen LogP contribution in [0.25, 0.3) is 0 Å². The molecule has 0 saturated heterocycles. The van der Waals surface area contributed by atoms with Crippen LogP contribution in [0.4, 0.5) is 0 Å². The van der Waals surface area contributed by atoms with Crippen molar-refractivity contribution in [3.8, 4) is 11.5 Å². The third-order valence-corrected chi connectivity index (χ3v) is 5.52. The number of unbranched alkanes of at least 4 members (excludes halogenated alkanes) is 2. The van der Waals surface area contributed by atoms with Crippen LogP contribution in [0.3, 0.4) is 0 Å². The number of hydrogen-bond donors (Lipinski definition) is 6. The van der Waals surface area contributed by atoms with Crippen LogP contribution in [0.2, 0.25) is 0 Å². The van der Waals surface area contributed by atoms with Gasteiger partial charge in [-0.3, -0.25) is 9.80 Å². The number of carboxylic acid groups (broad SMARTS) is 2. The van der Waals surface area contributed by atoms with Gasteiger partial charge in [-0.15, -0.1) is 11.5 Å². The number of rotatable bonds is 16. The number of hydrogen-bond acceptors (Lipinski definition) is 10. The molecular formula is C30H56CuN2O14. The maximum atomic E-state index is 10.5. The Morgan fingerprint density at radius 2 is 0.766 bits per heavy atom. The van der Waals surface area contributed by atoms with Gasteiger partial charge in [0, 0.05) is 26.2 Å². The Morgan fingerprint density at radius 1 is 0.532 bits per heavy atom. The minimum atomic E-state index is -1.01. The number of benzene rings is 2. The Balaban J connectivity index is -0.0000000877. The molecule has 0 heterocycles. The van der Waals surface area contributed by atoms with Crippen molar-refractivity contribution in [3.05, 3.63) is 59.7 Å². The average molecular weight is 732 g/mol. The molecule has 2 rings (SSSR count). The summed E-state index contributed by atoms with van der Waals surface area (Å²) in [5, 5.41) is 72.2. The van der Waals surface area contributed by atoms with E-state index in [0.717, 1.165) is 38.8 Å². The minimum Gasteiger partial charge on any atom is -0.872 e. The van der Waals surface area contributed by atoms with E-state index < -0.39 is 11.9 Å². The van der Waals surface area contributed by atoms with Gasteiger partial charge in [0.25, 0.3) is 0 Å². The molecular weight excluding hydrogens is 676 g/mol. The maximum absolute atomic E-state index is 10.5. The van der Waals surface area contributed by atoms with Crippen molar-refractivity contribution in [2.45, 2.75) is 39.5 Å². The second kappa shape index (κ2) is 41.1. The van der Waals surface area contributed by atoms with Crippen LogP contribution < -0.4 is 10.2 Å². The fraction of sp³-hybridized carbons (Fsp3) is 0.533. The zero-order valence-electron chi connectivity index (χ0n) is 27.0. The molecule has 17 heteroatoms. The molecule has 2 aromatic carbocycles. The van der Waals surface area contributed by atoms with Crippen molar-refractivity contribution in [2.24, 2.45) is 0 Å². The van der Waals surface area contributed by atoms with Crippen LogP contribution in [0, 0.1) is 0 Å². The van der Waals surface area contributed by atoms with Gasteiger partial charge in [-0.25, -0.2) is 9.59 Å². The Hall–Kier alpha value is -2.90. The topological polar surface area (TPSA) is 334 Å². The van der Waals surface area contributed by atoms with Crippen LogP contribution in [0.15, 0.2) is 48.5 Å². The van der Waals surface area contributed by atoms with E-state index in [1.165, 1.54) is 48.5 Å². The molecule has 0 spiro atoms. The zero-order valence-corrected chi connectivity index (χ0v) is 28.0. The van der Waals surface area contributed by atoms with Crippen molar-refractivity contribution < 1.29 is 89.4 Å². The van der Waals surface area contributed by atoms with E-state index in [1.54, 1.807) is 0 Å². The predicted octanol–water partition coefficient (Wildman–Crippen LogP) is -2.24. The van der Waals surface area contributed by atoms with Crippen molar-refractivity contribution in [2.75, 3.05) is 65.7 Å². The standard InChI is InChI=1S/2C8H19NO2.2C7H6O3.Cu.4H2O/c2*1-2-3-4-9(5-7-10)6-8-11;2*8-6-3-1-5(2-4-6)7(9)10;;;;;/h2*10-11H,2-8H2,1H3;2*1-4,8H,(H,9,10);;4*1H2/q;;;;+2;;;;/p-2. The molecule has 0 amide bonds. The molecule has 1 radical (unpaired) electrons. The van der Waals surface area contributed by atoms with Crippen LogP contribution in [0.5, 0.6) is 11.5 Å². The summed E-state index contributed by atoms with van der Waals surface area (Å²) in [5.41, 5.74) is 0.277. The summed E-state index contributed by atoms with van der Waals surface area (Å²) in [6.07, 6.45) is 4.60. The summed E-state index contributed by atoms with van der Waals surface area (Å²) in [6.45, 7) is 9.70. The Bertz CT molecular complexity index is 838. The van der Waals surface area contributed by atoms with E-state index in [2.05, 4.69) is 23.6 Å². The fourth-order valence-electron chi connectivity index (χ4n) is 3.19. The molecule has 0 aliphatic heterocycles. The number of nitrogens with zero attached hydrogens (tertiary/aromatic N) is 2. The van der Waals surface area contributed by atoms with E-state index >= 15 is 0 Å². The molecule has 16 nitrogen and oxygen atoms in total. The first-order valence-corrected chi connectivity index (χ1v) is 14.0. The number of aromatic carboxylic acids is 2. The van der Waals surface area contributed by atoms with Crippen LogP contribution >= 0.6 is 0 Å². The van der Waals surface area contributed by atoms with E-state index in [0.29, 0.717) is 26.2 Å². The monoisotopic (exact) mass is 731 g/mol. The van der Waals surface area contributed by atoms with Crippen molar-refractivity contribution in [1.29, 1.82) is 0 Å². The number of carbonyl (C=O) groups is 2. The van der Waals surface area contributed by atoms with Gasteiger partial charge < -0.3 is 62.8 Å². The Labute approximate surface area is 287 Å². The number of aliphatic hydroxyl groups is 4.